The van der Waals surface area contributed by atoms with Crippen molar-refractivity contribution < 1.29 is 0 Å². The molecule has 0 atom stereocenters. The van der Waals surface area contributed by atoms with Crippen LogP contribution in [0, 0.1) is 0 Å². The number of hydrogen-bond donors (Lipinski definition) is 1. The van der Waals surface area contributed by atoms with Crippen LogP contribution in [-0.4, -0.2) is 28.9 Å². The second-order valence-electron chi connectivity index (χ2n) is 7.18. The van der Waals surface area contributed by atoms with E-state index in [0.29, 0.717) is 5.88 Å². The van der Waals surface area contributed by atoms with Gasteiger partial charge in [0.1, 0.15) is 12.1 Å². The summed E-state index contributed by atoms with van der Waals surface area (Å²) in [7, 11) is 0. The maximum absolute atomic E-state index is 5.91. The molecule has 0 unspecified atom stereocenters. The monoisotopic (exact) mass is 488 g/mol. The summed E-state index contributed by atoms with van der Waals surface area (Å²) in [6.07, 6.45) is 1.60. The first-order valence-electron chi connectivity index (χ1n) is 12.4. The van der Waals surface area contributed by atoms with Crippen molar-refractivity contribution >= 4 is 28.8 Å². The minimum absolute atomic E-state index is 0.614. The van der Waals surface area contributed by atoms with Crippen LogP contribution in [0.2, 0.25) is 0 Å². The van der Waals surface area contributed by atoms with Gasteiger partial charge in [0.2, 0.25) is 0 Å². The first-order valence-corrected chi connectivity index (χ1v) is 13.0. The van der Waals surface area contributed by atoms with Crippen LogP contribution >= 0.6 is 11.6 Å². The Hall–Kier alpha value is -3.37. The second-order valence-corrected chi connectivity index (χ2v) is 7.55. The van der Waals surface area contributed by atoms with E-state index >= 15 is 0 Å². The minimum Gasteiger partial charge on any atom is -0.371 e. The maximum Gasteiger partial charge on any atom is 0.134 e. The Kier molecular flexibility index (Phi) is 12.4. The molecule has 0 saturated heterocycles. The molecule has 0 spiro atoms. The summed E-state index contributed by atoms with van der Waals surface area (Å²) in [5.41, 5.74) is 6.43. The summed E-state index contributed by atoms with van der Waals surface area (Å²) in [4.78, 5) is 11.1. The van der Waals surface area contributed by atoms with E-state index in [4.69, 9.17) is 11.6 Å². The normalized spacial score (nSPS) is 9.77. The number of alkyl halides is 1. The van der Waals surface area contributed by atoms with Gasteiger partial charge in [-0.2, -0.15) is 0 Å². The molecule has 0 saturated carbocycles. The summed E-state index contributed by atoms with van der Waals surface area (Å²) < 4.78 is 0. The van der Waals surface area contributed by atoms with Gasteiger partial charge in [-0.3, -0.25) is 0 Å². The standard InChI is InChI=1S/C26H25ClN4.2C2H6/c1-2-31(16-15-27)24-13-11-23(12-14-24)30-26-18-25(28-19-29-26)22-10-6-9-21(17-22)20-7-4-3-5-8-20;2*1-2/h3-14,17-19H,2,15-16H2,1H3,(H,28,29,30);2*1-2H3. The predicted molar refractivity (Wildman–Crippen MR) is 154 cm³/mol. The Bertz CT molecular complexity index is 1110. The van der Waals surface area contributed by atoms with E-state index in [1.165, 1.54) is 11.1 Å². The molecule has 3 aromatic carbocycles. The SMILES string of the molecule is CC.CC.CCN(CCCl)c1ccc(Nc2cc(-c3cccc(-c4ccccc4)c3)ncn2)cc1. The molecule has 4 aromatic rings. The highest BCUT2D eigenvalue weighted by atomic mass is 35.5. The third-order valence-corrected chi connectivity index (χ3v) is 5.34. The quantitative estimate of drug-likeness (QED) is 0.252. The van der Waals surface area contributed by atoms with Gasteiger partial charge in [-0.05, 0) is 48.4 Å². The zero-order chi connectivity index (χ0) is 25.5. The van der Waals surface area contributed by atoms with Crippen LogP contribution < -0.4 is 10.2 Å². The van der Waals surface area contributed by atoms with Crippen LogP contribution in [0.25, 0.3) is 22.4 Å². The fourth-order valence-electron chi connectivity index (χ4n) is 3.55. The smallest absolute Gasteiger partial charge is 0.134 e. The second kappa shape index (κ2) is 15.5. The molecule has 0 amide bonds. The van der Waals surface area contributed by atoms with E-state index in [-0.39, 0.29) is 0 Å². The molecule has 0 radical (unpaired) electrons. The van der Waals surface area contributed by atoms with Gasteiger partial charge in [0.15, 0.2) is 0 Å². The third kappa shape index (κ3) is 8.11. The van der Waals surface area contributed by atoms with Crippen LogP contribution in [0.15, 0.2) is 91.3 Å². The Morgan fingerprint density at radius 3 is 2.06 bits per heavy atom. The number of halogens is 1. The van der Waals surface area contributed by atoms with Gasteiger partial charge in [-0.25, -0.2) is 9.97 Å². The van der Waals surface area contributed by atoms with Gasteiger partial charge in [-0.1, -0.05) is 76.2 Å². The summed E-state index contributed by atoms with van der Waals surface area (Å²) in [6, 6.07) is 29.1. The highest BCUT2D eigenvalue weighted by molar-refractivity contribution is 6.18. The summed E-state index contributed by atoms with van der Waals surface area (Å²) in [5, 5.41) is 3.38. The molecule has 4 rings (SSSR count). The van der Waals surface area contributed by atoms with E-state index < -0.39 is 0 Å². The number of anilines is 3. The molecule has 1 N–H and O–H groups in total. The van der Waals surface area contributed by atoms with Gasteiger partial charge in [0, 0.05) is 42.0 Å². The lowest BCUT2D eigenvalue weighted by molar-refractivity contribution is 0.870. The van der Waals surface area contributed by atoms with Crippen molar-refractivity contribution in [1.82, 2.24) is 9.97 Å². The molecule has 0 aliphatic rings. The lowest BCUT2D eigenvalue weighted by atomic mass is 10.0. The average molecular weight is 489 g/mol. The summed E-state index contributed by atoms with van der Waals surface area (Å²) in [5.74, 6) is 1.37. The van der Waals surface area contributed by atoms with E-state index in [0.717, 1.165) is 41.5 Å². The van der Waals surface area contributed by atoms with Crippen molar-refractivity contribution in [3.8, 4) is 22.4 Å². The van der Waals surface area contributed by atoms with E-state index in [9.17, 15) is 0 Å². The Morgan fingerprint density at radius 2 is 1.40 bits per heavy atom. The van der Waals surface area contributed by atoms with Gasteiger partial charge in [0.25, 0.3) is 0 Å². The number of nitrogens with zero attached hydrogens (tertiary/aromatic N) is 3. The van der Waals surface area contributed by atoms with Crippen molar-refractivity contribution in [1.29, 1.82) is 0 Å². The van der Waals surface area contributed by atoms with Gasteiger partial charge < -0.3 is 10.2 Å². The van der Waals surface area contributed by atoms with E-state index in [1.807, 2.05) is 39.8 Å². The van der Waals surface area contributed by atoms with Crippen LogP contribution in [0.1, 0.15) is 34.6 Å². The molecular weight excluding hydrogens is 452 g/mol. The predicted octanol–water partition coefficient (Wildman–Crippen LogP) is 8.67. The number of aromatic nitrogens is 2. The van der Waals surface area contributed by atoms with Crippen molar-refractivity contribution in [2.75, 3.05) is 29.2 Å². The number of rotatable bonds is 8. The Balaban J connectivity index is 0.00000103. The lowest BCUT2D eigenvalue weighted by Crippen LogP contribution is -2.24. The van der Waals surface area contributed by atoms with Crippen LogP contribution in [-0.2, 0) is 0 Å². The largest absolute Gasteiger partial charge is 0.371 e. The third-order valence-electron chi connectivity index (χ3n) is 5.17. The van der Waals surface area contributed by atoms with Crippen molar-refractivity contribution in [3.63, 3.8) is 0 Å². The molecule has 5 heteroatoms. The molecule has 0 fully saturated rings. The average Bonchev–Trinajstić information content (AvgIpc) is 2.95. The Morgan fingerprint density at radius 1 is 0.743 bits per heavy atom. The lowest BCUT2D eigenvalue weighted by Gasteiger charge is -2.22. The summed E-state index contributed by atoms with van der Waals surface area (Å²) in [6.45, 7) is 11.9. The molecule has 35 heavy (non-hydrogen) atoms. The Labute approximate surface area is 216 Å². The van der Waals surface area contributed by atoms with Crippen LogP contribution in [0.5, 0.6) is 0 Å². The molecule has 0 bridgehead atoms. The fourth-order valence-corrected chi connectivity index (χ4v) is 3.75. The highest BCUT2D eigenvalue weighted by Gasteiger charge is 2.06. The topological polar surface area (TPSA) is 41.0 Å². The molecule has 4 nitrogen and oxygen atoms in total. The van der Waals surface area contributed by atoms with Crippen molar-refractivity contribution in [2.24, 2.45) is 0 Å². The molecular formula is C30H37ClN4. The molecule has 1 aromatic heterocycles. The molecule has 0 aliphatic carbocycles. The van der Waals surface area contributed by atoms with E-state index in [1.54, 1.807) is 6.33 Å². The zero-order valence-corrected chi connectivity index (χ0v) is 22.3. The molecule has 1 heterocycles. The van der Waals surface area contributed by atoms with Gasteiger partial charge in [-0.15, -0.1) is 11.6 Å². The first kappa shape index (κ1) is 27.9. The van der Waals surface area contributed by atoms with E-state index in [2.05, 4.69) is 99.9 Å². The van der Waals surface area contributed by atoms with Crippen molar-refractivity contribution in [3.05, 3.63) is 91.3 Å². The minimum atomic E-state index is 0.614. The van der Waals surface area contributed by atoms with Crippen LogP contribution in [0.3, 0.4) is 0 Å². The molecule has 0 aliphatic heterocycles. The van der Waals surface area contributed by atoms with Crippen molar-refractivity contribution in [2.45, 2.75) is 34.6 Å². The van der Waals surface area contributed by atoms with Gasteiger partial charge in [0.05, 0.1) is 5.69 Å². The number of hydrogen-bond acceptors (Lipinski definition) is 4. The van der Waals surface area contributed by atoms with Crippen LogP contribution in [0.4, 0.5) is 17.2 Å². The number of nitrogens with one attached hydrogen (secondary N) is 1. The first-order chi connectivity index (χ1) is 17.3. The number of benzene rings is 3. The highest BCUT2D eigenvalue weighted by Crippen LogP contribution is 2.27. The zero-order valence-electron chi connectivity index (χ0n) is 21.5. The fraction of sp³-hybridized carbons (Fsp3) is 0.267. The summed E-state index contributed by atoms with van der Waals surface area (Å²) >= 11 is 5.91. The maximum atomic E-state index is 5.91. The van der Waals surface area contributed by atoms with Gasteiger partial charge >= 0.3 is 0 Å². The molecule has 184 valence electrons.